The van der Waals surface area contributed by atoms with Gasteiger partial charge in [-0.2, -0.15) is 0 Å². The number of benzene rings is 1. The van der Waals surface area contributed by atoms with E-state index < -0.39 is 0 Å². The first-order valence-corrected chi connectivity index (χ1v) is 8.44. The predicted molar refractivity (Wildman–Crippen MR) is 97.4 cm³/mol. The highest BCUT2D eigenvalue weighted by Crippen LogP contribution is 2.31. The van der Waals surface area contributed by atoms with E-state index in [4.69, 9.17) is 4.74 Å². The van der Waals surface area contributed by atoms with Crippen LogP contribution in [-0.2, 0) is 0 Å². The zero-order chi connectivity index (χ0) is 17.8. The molecular formula is C19H23N3O3. The van der Waals surface area contributed by atoms with Gasteiger partial charge >= 0.3 is 0 Å². The molecule has 6 nitrogen and oxygen atoms in total. The molecule has 0 bridgehead atoms. The maximum Gasteiger partial charge on any atom is 0.256 e. The zero-order valence-corrected chi connectivity index (χ0v) is 14.5. The Kier molecular flexibility index (Phi) is 5.07. The maximum absolute atomic E-state index is 12.2. The molecule has 25 heavy (non-hydrogen) atoms. The number of anilines is 1. The zero-order valence-electron chi connectivity index (χ0n) is 14.5. The van der Waals surface area contributed by atoms with Gasteiger partial charge in [-0.15, -0.1) is 0 Å². The molecule has 1 aliphatic heterocycles. The molecule has 132 valence electrons. The first-order valence-electron chi connectivity index (χ1n) is 8.44. The Morgan fingerprint density at radius 2 is 2.20 bits per heavy atom. The van der Waals surface area contributed by atoms with Gasteiger partial charge in [0.15, 0.2) is 5.43 Å². The van der Waals surface area contributed by atoms with Crippen LogP contribution in [0.5, 0.6) is 5.75 Å². The molecule has 0 spiro atoms. The highest BCUT2D eigenvalue weighted by atomic mass is 16.5. The lowest BCUT2D eigenvalue weighted by Gasteiger charge is -2.21. The Morgan fingerprint density at radius 1 is 1.40 bits per heavy atom. The maximum atomic E-state index is 12.2. The van der Waals surface area contributed by atoms with E-state index in [-0.39, 0.29) is 16.9 Å². The van der Waals surface area contributed by atoms with Crippen LogP contribution in [-0.4, -0.2) is 37.6 Å². The van der Waals surface area contributed by atoms with Crippen LogP contribution in [0.1, 0.15) is 22.5 Å². The van der Waals surface area contributed by atoms with Crippen molar-refractivity contribution in [1.29, 1.82) is 0 Å². The van der Waals surface area contributed by atoms with Gasteiger partial charge < -0.3 is 19.9 Å². The van der Waals surface area contributed by atoms with Gasteiger partial charge in [0.25, 0.3) is 5.91 Å². The van der Waals surface area contributed by atoms with Crippen molar-refractivity contribution in [2.75, 3.05) is 31.6 Å². The minimum absolute atomic E-state index is 0.158. The standard InChI is InChI=1S/C19H23N3O3/c1-13-9-17(23)15(11-20-13)19(24)21-10-14-7-8-22(12-14)16-5-3-4-6-18(16)25-2/h3-6,9,11,14H,7-8,10,12H2,1-2H3,(H,20,23)(H,21,24)/t14-/m0/s1. The lowest BCUT2D eigenvalue weighted by atomic mass is 10.1. The molecular weight excluding hydrogens is 318 g/mol. The highest BCUT2D eigenvalue weighted by Gasteiger charge is 2.25. The van der Waals surface area contributed by atoms with Crippen molar-refractivity contribution in [1.82, 2.24) is 10.3 Å². The third-order valence-electron chi connectivity index (χ3n) is 4.56. The van der Waals surface area contributed by atoms with Crippen molar-refractivity contribution < 1.29 is 9.53 Å². The summed E-state index contributed by atoms with van der Waals surface area (Å²) in [6.07, 6.45) is 2.46. The van der Waals surface area contributed by atoms with Crippen LogP contribution in [0.2, 0.25) is 0 Å². The van der Waals surface area contributed by atoms with E-state index in [1.165, 1.54) is 12.3 Å². The lowest BCUT2D eigenvalue weighted by Crippen LogP contribution is -2.33. The number of amides is 1. The van der Waals surface area contributed by atoms with Crippen LogP contribution in [0.25, 0.3) is 0 Å². The average molecular weight is 341 g/mol. The molecule has 2 aromatic rings. The summed E-state index contributed by atoms with van der Waals surface area (Å²) in [6.45, 7) is 4.11. The number of H-pyrrole nitrogens is 1. The number of carbonyl (C=O) groups excluding carboxylic acids is 1. The molecule has 0 saturated carbocycles. The van der Waals surface area contributed by atoms with E-state index in [1.54, 1.807) is 14.0 Å². The third kappa shape index (κ3) is 3.84. The number of hydrogen-bond acceptors (Lipinski definition) is 4. The fourth-order valence-corrected chi connectivity index (χ4v) is 3.19. The number of aromatic amines is 1. The Bertz CT molecular complexity index is 816. The van der Waals surface area contributed by atoms with E-state index in [2.05, 4.69) is 15.2 Å². The van der Waals surface area contributed by atoms with Crippen LogP contribution in [0, 0.1) is 12.8 Å². The van der Waals surface area contributed by atoms with Gasteiger partial charge in [-0.3, -0.25) is 9.59 Å². The quantitative estimate of drug-likeness (QED) is 0.872. The normalized spacial score (nSPS) is 16.7. The Labute approximate surface area is 146 Å². The molecule has 0 unspecified atom stereocenters. The van der Waals surface area contributed by atoms with Crippen molar-refractivity contribution in [2.45, 2.75) is 13.3 Å². The minimum Gasteiger partial charge on any atom is -0.495 e. The lowest BCUT2D eigenvalue weighted by molar-refractivity contribution is 0.0947. The number of ether oxygens (including phenoxy) is 1. The molecule has 1 aromatic heterocycles. The smallest absolute Gasteiger partial charge is 0.256 e. The largest absolute Gasteiger partial charge is 0.495 e. The van der Waals surface area contributed by atoms with E-state index in [1.807, 2.05) is 24.3 Å². The summed E-state index contributed by atoms with van der Waals surface area (Å²) >= 11 is 0. The van der Waals surface area contributed by atoms with E-state index >= 15 is 0 Å². The molecule has 0 aliphatic carbocycles. The molecule has 1 aliphatic rings. The summed E-state index contributed by atoms with van der Waals surface area (Å²) < 4.78 is 5.42. The average Bonchev–Trinajstić information content (AvgIpc) is 3.08. The number of nitrogens with zero attached hydrogens (tertiary/aromatic N) is 1. The number of hydrogen-bond donors (Lipinski definition) is 2. The van der Waals surface area contributed by atoms with Crippen molar-refractivity contribution in [2.24, 2.45) is 5.92 Å². The molecule has 3 rings (SSSR count). The molecule has 1 atom stereocenters. The van der Waals surface area contributed by atoms with Crippen LogP contribution < -0.4 is 20.4 Å². The Balaban J connectivity index is 1.58. The monoisotopic (exact) mass is 341 g/mol. The van der Waals surface area contributed by atoms with Crippen LogP contribution in [0.15, 0.2) is 41.3 Å². The molecule has 1 aromatic carbocycles. The first-order chi connectivity index (χ1) is 12.1. The number of nitrogens with one attached hydrogen (secondary N) is 2. The van der Waals surface area contributed by atoms with Crippen LogP contribution in [0.3, 0.4) is 0 Å². The SMILES string of the molecule is COc1ccccc1N1CC[C@@H](CNC(=O)c2c[nH]c(C)cc2=O)C1. The van der Waals surface area contributed by atoms with Gasteiger partial charge in [0.2, 0.25) is 0 Å². The molecule has 1 fully saturated rings. The second-order valence-corrected chi connectivity index (χ2v) is 6.38. The van der Waals surface area contributed by atoms with E-state index in [0.717, 1.165) is 36.6 Å². The van der Waals surface area contributed by atoms with E-state index in [9.17, 15) is 9.59 Å². The summed E-state index contributed by atoms with van der Waals surface area (Å²) in [5.41, 5.74) is 1.72. The Morgan fingerprint density at radius 3 is 2.96 bits per heavy atom. The summed E-state index contributed by atoms with van der Waals surface area (Å²) in [5.74, 6) is 0.883. The van der Waals surface area contributed by atoms with Gasteiger partial charge in [-0.05, 0) is 31.4 Å². The second kappa shape index (κ2) is 7.42. The summed E-state index contributed by atoms with van der Waals surface area (Å²) in [5, 5.41) is 2.88. The molecule has 1 amide bonds. The van der Waals surface area contributed by atoms with Gasteiger partial charge in [-0.1, -0.05) is 12.1 Å². The number of pyridine rings is 1. The topological polar surface area (TPSA) is 74.4 Å². The number of methoxy groups -OCH3 is 1. The van der Waals surface area contributed by atoms with Crippen molar-refractivity contribution in [3.05, 3.63) is 58.0 Å². The second-order valence-electron chi connectivity index (χ2n) is 6.38. The van der Waals surface area contributed by atoms with Crippen LogP contribution >= 0.6 is 0 Å². The summed E-state index contributed by atoms with van der Waals surface area (Å²) in [6, 6.07) is 9.39. The fourth-order valence-electron chi connectivity index (χ4n) is 3.19. The summed E-state index contributed by atoms with van der Waals surface area (Å²) in [7, 11) is 1.67. The van der Waals surface area contributed by atoms with Gasteiger partial charge in [0.1, 0.15) is 11.3 Å². The Hall–Kier alpha value is -2.76. The predicted octanol–water partition coefficient (Wildman–Crippen LogP) is 1.95. The van der Waals surface area contributed by atoms with Gasteiger partial charge in [0, 0.05) is 37.6 Å². The first kappa shape index (κ1) is 17.1. The minimum atomic E-state index is -0.322. The fraction of sp³-hybridized carbons (Fsp3) is 0.368. The number of rotatable bonds is 5. The molecule has 0 radical (unpaired) electrons. The van der Waals surface area contributed by atoms with Gasteiger partial charge in [-0.25, -0.2) is 0 Å². The highest BCUT2D eigenvalue weighted by molar-refractivity contribution is 5.93. The van der Waals surface area contributed by atoms with Gasteiger partial charge in [0.05, 0.1) is 12.8 Å². The van der Waals surface area contributed by atoms with Crippen molar-refractivity contribution in [3.63, 3.8) is 0 Å². The molecule has 1 saturated heterocycles. The molecule has 6 heteroatoms. The number of carbonyl (C=O) groups is 1. The van der Waals surface area contributed by atoms with Crippen molar-refractivity contribution in [3.8, 4) is 5.75 Å². The summed E-state index contributed by atoms with van der Waals surface area (Å²) in [4.78, 5) is 29.3. The van der Waals surface area contributed by atoms with Crippen LogP contribution in [0.4, 0.5) is 5.69 Å². The third-order valence-corrected chi connectivity index (χ3v) is 4.56. The van der Waals surface area contributed by atoms with Crippen molar-refractivity contribution >= 4 is 11.6 Å². The molecule has 2 heterocycles. The number of para-hydroxylation sites is 2. The van der Waals surface area contributed by atoms with E-state index in [0.29, 0.717) is 12.5 Å². The number of aromatic nitrogens is 1. The molecule has 2 N–H and O–H groups in total. The number of aryl methyl sites for hydroxylation is 1.